The van der Waals surface area contributed by atoms with Crippen LogP contribution in [0.25, 0.3) is 10.6 Å². The molecule has 0 saturated carbocycles. The third-order valence-electron chi connectivity index (χ3n) is 6.19. The second kappa shape index (κ2) is 9.39. The maximum absolute atomic E-state index is 13.0. The van der Waals surface area contributed by atoms with Crippen LogP contribution in [0.5, 0.6) is 0 Å². The Bertz CT molecular complexity index is 919. The van der Waals surface area contributed by atoms with Crippen LogP contribution in [-0.2, 0) is 16.0 Å². The molecule has 2 aliphatic heterocycles. The number of carbonyl (C=O) groups is 2. The van der Waals surface area contributed by atoms with Crippen LogP contribution in [0.1, 0.15) is 43.7 Å². The van der Waals surface area contributed by atoms with Crippen LogP contribution in [0.2, 0.25) is 0 Å². The van der Waals surface area contributed by atoms with Crippen molar-refractivity contribution in [3.05, 3.63) is 40.9 Å². The number of nitrogens with zero attached hydrogens (tertiary/aromatic N) is 3. The quantitative estimate of drug-likeness (QED) is 0.661. The molecular weight excluding hydrogens is 410 g/mol. The molecule has 31 heavy (non-hydrogen) atoms. The van der Waals surface area contributed by atoms with Crippen molar-refractivity contribution < 1.29 is 14.3 Å². The van der Waals surface area contributed by atoms with Gasteiger partial charge < -0.3 is 9.64 Å². The smallest absolute Gasteiger partial charge is 0.410 e. The summed E-state index contributed by atoms with van der Waals surface area (Å²) in [4.78, 5) is 35.0. The summed E-state index contributed by atoms with van der Waals surface area (Å²) in [5.74, 6) is 0.639. The number of likely N-dealkylation sites (tertiary alicyclic amines) is 1. The highest BCUT2D eigenvalue weighted by Crippen LogP contribution is 2.29. The lowest BCUT2D eigenvalue weighted by molar-refractivity contribution is -0.132. The minimum atomic E-state index is -0.193. The number of thiazole rings is 1. The van der Waals surface area contributed by atoms with Crippen molar-refractivity contribution in [3.63, 3.8) is 0 Å². The summed E-state index contributed by atoms with van der Waals surface area (Å²) < 4.78 is 5.34. The molecule has 0 spiro atoms. The summed E-state index contributed by atoms with van der Waals surface area (Å²) in [6.45, 7) is 8.22. The summed E-state index contributed by atoms with van der Waals surface area (Å²) in [5.41, 5.74) is 1.96. The third-order valence-corrected chi connectivity index (χ3v) is 7.25. The predicted molar refractivity (Wildman–Crippen MR) is 122 cm³/mol. The Hall–Kier alpha value is -2.41. The lowest BCUT2D eigenvalue weighted by atomic mass is 9.98. The molecule has 1 aromatic heterocycles. The average molecular weight is 442 g/mol. The maximum Gasteiger partial charge on any atom is 0.410 e. The van der Waals surface area contributed by atoms with Crippen LogP contribution in [0.3, 0.4) is 0 Å². The molecule has 2 fully saturated rings. The van der Waals surface area contributed by atoms with Gasteiger partial charge in [-0.15, -0.1) is 11.3 Å². The highest BCUT2D eigenvalue weighted by molar-refractivity contribution is 7.15. The van der Waals surface area contributed by atoms with Gasteiger partial charge in [-0.3, -0.25) is 9.69 Å². The zero-order chi connectivity index (χ0) is 22.0. The largest absolute Gasteiger partial charge is 0.447 e. The van der Waals surface area contributed by atoms with Crippen LogP contribution >= 0.6 is 11.3 Å². The van der Waals surface area contributed by atoms with Crippen molar-refractivity contribution in [2.24, 2.45) is 5.92 Å². The minimum Gasteiger partial charge on any atom is -0.447 e. The van der Waals surface area contributed by atoms with E-state index in [1.165, 1.54) is 0 Å². The Morgan fingerprint density at radius 2 is 1.94 bits per heavy atom. The number of amides is 2. The highest BCUT2D eigenvalue weighted by atomic mass is 32.1. The molecule has 0 bridgehead atoms. The van der Waals surface area contributed by atoms with Crippen molar-refractivity contribution in [2.45, 2.75) is 58.5 Å². The Morgan fingerprint density at radius 3 is 2.61 bits per heavy atom. The number of carbonyl (C=O) groups excluding carboxylic acids is 2. The lowest BCUT2D eigenvalue weighted by Crippen LogP contribution is -2.50. The van der Waals surface area contributed by atoms with Gasteiger partial charge in [-0.1, -0.05) is 44.2 Å². The summed E-state index contributed by atoms with van der Waals surface area (Å²) in [6.07, 6.45) is 2.71. The number of rotatable bonds is 6. The molecule has 0 N–H and O–H groups in total. The topological polar surface area (TPSA) is 62.7 Å². The molecule has 2 aliphatic rings. The SMILES string of the molecule is Cc1sc(-c2ccccc2)nc1CC(=O)N1CCC(N2C(=O)OCC2CC(C)C)CC1. The van der Waals surface area contributed by atoms with Crippen LogP contribution < -0.4 is 0 Å². The molecule has 0 radical (unpaired) electrons. The van der Waals surface area contributed by atoms with E-state index in [0.717, 1.165) is 40.4 Å². The number of cyclic esters (lactones) is 1. The number of ether oxygens (including phenoxy) is 1. The van der Waals surface area contributed by atoms with Crippen molar-refractivity contribution in [1.82, 2.24) is 14.8 Å². The fourth-order valence-corrected chi connectivity index (χ4v) is 5.52. The van der Waals surface area contributed by atoms with Crippen LogP contribution in [0.4, 0.5) is 4.79 Å². The van der Waals surface area contributed by atoms with Crippen molar-refractivity contribution >= 4 is 23.3 Å². The van der Waals surface area contributed by atoms with E-state index in [4.69, 9.17) is 9.72 Å². The molecular formula is C24H31N3O3S. The molecule has 1 unspecified atom stereocenters. The third kappa shape index (κ3) is 4.92. The first-order valence-electron chi connectivity index (χ1n) is 11.2. The maximum atomic E-state index is 13.0. The van der Waals surface area contributed by atoms with E-state index < -0.39 is 0 Å². The molecule has 4 rings (SSSR count). The number of benzene rings is 1. The second-order valence-corrected chi connectivity index (χ2v) is 10.1. The first kappa shape index (κ1) is 21.8. The predicted octanol–water partition coefficient (Wildman–Crippen LogP) is 4.52. The molecule has 1 atom stereocenters. The van der Waals surface area contributed by atoms with E-state index in [0.29, 0.717) is 32.0 Å². The molecule has 1 aromatic carbocycles. The fourth-order valence-electron chi connectivity index (χ4n) is 4.59. The van der Waals surface area contributed by atoms with Crippen LogP contribution in [0, 0.1) is 12.8 Å². The van der Waals surface area contributed by atoms with Gasteiger partial charge in [0.15, 0.2) is 0 Å². The molecule has 2 amide bonds. The number of piperidine rings is 1. The van der Waals surface area contributed by atoms with Gasteiger partial charge in [-0.2, -0.15) is 0 Å². The molecule has 3 heterocycles. The summed E-state index contributed by atoms with van der Waals surface area (Å²) in [6, 6.07) is 10.4. The van der Waals surface area contributed by atoms with E-state index in [1.54, 1.807) is 11.3 Å². The zero-order valence-electron chi connectivity index (χ0n) is 18.5. The minimum absolute atomic E-state index is 0.120. The number of aromatic nitrogens is 1. The zero-order valence-corrected chi connectivity index (χ0v) is 19.4. The number of aryl methyl sites for hydroxylation is 1. The number of hydrogen-bond acceptors (Lipinski definition) is 5. The first-order chi connectivity index (χ1) is 14.9. The van der Waals surface area contributed by atoms with Crippen molar-refractivity contribution in [2.75, 3.05) is 19.7 Å². The second-order valence-electron chi connectivity index (χ2n) is 8.94. The fraction of sp³-hybridized carbons (Fsp3) is 0.542. The summed E-state index contributed by atoms with van der Waals surface area (Å²) >= 11 is 1.64. The Morgan fingerprint density at radius 1 is 1.23 bits per heavy atom. The summed E-state index contributed by atoms with van der Waals surface area (Å²) in [5, 5.41) is 0.961. The van der Waals surface area contributed by atoms with Crippen molar-refractivity contribution in [3.8, 4) is 10.6 Å². The van der Waals surface area contributed by atoms with Gasteiger partial charge in [0.2, 0.25) is 5.91 Å². The van der Waals surface area contributed by atoms with E-state index >= 15 is 0 Å². The van der Waals surface area contributed by atoms with Crippen LogP contribution in [0.15, 0.2) is 30.3 Å². The van der Waals surface area contributed by atoms with Gasteiger partial charge in [-0.05, 0) is 32.1 Å². The number of hydrogen-bond donors (Lipinski definition) is 0. The van der Waals surface area contributed by atoms with Gasteiger partial charge in [0.1, 0.15) is 11.6 Å². The van der Waals surface area contributed by atoms with Gasteiger partial charge in [0, 0.05) is 29.6 Å². The van der Waals surface area contributed by atoms with E-state index in [1.807, 2.05) is 47.1 Å². The van der Waals surface area contributed by atoms with Crippen molar-refractivity contribution in [1.29, 1.82) is 0 Å². The Kier molecular flexibility index (Phi) is 6.60. The van der Waals surface area contributed by atoms with E-state index in [9.17, 15) is 9.59 Å². The lowest BCUT2D eigenvalue weighted by Gasteiger charge is -2.38. The molecule has 0 aliphatic carbocycles. The Labute approximate surface area is 188 Å². The molecule has 7 heteroatoms. The van der Waals surface area contributed by atoms with Gasteiger partial charge in [-0.25, -0.2) is 9.78 Å². The standard InChI is InChI=1S/C24H31N3O3S/c1-16(2)13-20-15-30-24(29)27(20)19-9-11-26(12-10-19)22(28)14-21-17(3)31-23(25-21)18-7-5-4-6-8-18/h4-8,16,19-20H,9-15H2,1-3H3. The van der Waals surface area contributed by atoms with Gasteiger partial charge in [0.05, 0.1) is 18.2 Å². The van der Waals surface area contributed by atoms with E-state index in [-0.39, 0.29) is 24.1 Å². The monoisotopic (exact) mass is 441 g/mol. The Balaban J connectivity index is 1.35. The van der Waals surface area contributed by atoms with E-state index in [2.05, 4.69) is 13.8 Å². The summed E-state index contributed by atoms with van der Waals surface area (Å²) in [7, 11) is 0. The van der Waals surface area contributed by atoms with Gasteiger partial charge >= 0.3 is 6.09 Å². The van der Waals surface area contributed by atoms with Gasteiger partial charge in [0.25, 0.3) is 0 Å². The molecule has 166 valence electrons. The van der Waals surface area contributed by atoms with Crippen LogP contribution in [-0.4, -0.2) is 58.6 Å². The molecule has 2 aromatic rings. The molecule has 2 saturated heterocycles. The normalized spacial score (nSPS) is 19.9. The first-order valence-corrected chi connectivity index (χ1v) is 12.0. The average Bonchev–Trinajstić information content (AvgIpc) is 3.30. The molecule has 6 nitrogen and oxygen atoms in total. The highest BCUT2D eigenvalue weighted by Gasteiger charge is 2.39.